The average Bonchev–Trinajstić information content (AvgIpc) is 2.43. The van der Waals surface area contributed by atoms with E-state index in [9.17, 15) is 9.90 Å². The maximum atomic E-state index is 10.9. The summed E-state index contributed by atoms with van der Waals surface area (Å²) in [5, 5.41) is 19.2. The third-order valence-electron chi connectivity index (χ3n) is 4.30. The summed E-state index contributed by atoms with van der Waals surface area (Å²) in [5.74, 6) is -0.795. The van der Waals surface area contributed by atoms with Gasteiger partial charge in [0.2, 0.25) is 0 Å². The summed E-state index contributed by atoms with van der Waals surface area (Å²) in [4.78, 5) is 13.2. The molecule has 0 amide bonds. The molecule has 20 heavy (non-hydrogen) atoms. The van der Waals surface area contributed by atoms with Crippen LogP contribution in [0.3, 0.4) is 0 Å². The van der Waals surface area contributed by atoms with E-state index in [4.69, 9.17) is 5.11 Å². The molecular weight excluding hydrogens is 254 g/mol. The molecule has 0 saturated carbocycles. The van der Waals surface area contributed by atoms with Gasteiger partial charge in [-0.15, -0.1) is 0 Å². The normalized spacial score (nSPS) is 18.9. The molecule has 1 saturated heterocycles. The Kier molecular flexibility index (Phi) is 4.78. The van der Waals surface area contributed by atoms with Gasteiger partial charge in [-0.1, -0.05) is 31.2 Å². The summed E-state index contributed by atoms with van der Waals surface area (Å²) >= 11 is 0. The van der Waals surface area contributed by atoms with E-state index in [0.717, 1.165) is 50.0 Å². The van der Waals surface area contributed by atoms with Crippen molar-refractivity contribution in [1.29, 1.82) is 0 Å². The van der Waals surface area contributed by atoms with Crippen LogP contribution in [0.5, 0.6) is 0 Å². The number of piperidine rings is 1. The predicted octanol–water partition coefficient (Wildman–Crippen LogP) is 2.05. The molecule has 1 aliphatic heterocycles. The highest BCUT2D eigenvalue weighted by molar-refractivity contribution is 5.70. The second kappa shape index (κ2) is 6.37. The molecule has 110 valence electrons. The van der Waals surface area contributed by atoms with Crippen LogP contribution in [0.15, 0.2) is 24.3 Å². The number of benzene rings is 1. The smallest absolute Gasteiger partial charge is 0.307 e. The standard InChI is InChI=1S/C16H23NO3/c1-2-16(20)7-9-17(10-8-16)12-14-6-4-3-5-13(14)11-15(18)19/h3-6,20H,2,7-12H2,1H3,(H,18,19). The highest BCUT2D eigenvalue weighted by atomic mass is 16.4. The molecule has 2 N–H and O–H groups in total. The van der Waals surface area contributed by atoms with Gasteiger partial charge in [0.1, 0.15) is 0 Å². The summed E-state index contributed by atoms with van der Waals surface area (Å²) in [6.45, 7) is 4.53. The Morgan fingerprint density at radius 2 is 1.85 bits per heavy atom. The lowest BCUT2D eigenvalue weighted by molar-refractivity contribution is -0.136. The van der Waals surface area contributed by atoms with Gasteiger partial charge in [-0.05, 0) is 30.4 Å². The van der Waals surface area contributed by atoms with E-state index in [1.165, 1.54) is 0 Å². The number of hydrogen-bond acceptors (Lipinski definition) is 3. The lowest BCUT2D eigenvalue weighted by Crippen LogP contribution is -2.43. The maximum Gasteiger partial charge on any atom is 0.307 e. The van der Waals surface area contributed by atoms with E-state index in [1.807, 2.05) is 31.2 Å². The van der Waals surface area contributed by atoms with E-state index in [2.05, 4.69) is 4.90 Å². The van der Waals surface area contributed by atoms with Crippen LogP contribution in [0, 0.1) is 0 Å². The van der Waals surface area contributed by atoms with Crippen molar-refractivity contribution in [3.05, 3.63) is 35.4 Å². The molecule has 1 aromatic rings. The third kappa shape index (κ3) is 3.81. The molecule has 1 aliphatic rings. The van der Waals surface area contributed by atoms with Crippen LogP contribution in [0.4, 0.5) is 0 Å². The molecule has 2 rings (SSSR count). The van der Waals surface area contributed by atoms with Gasteiger partial charge in [-0.2, -0.15) is 0 Å². The molecule has 0 radical (unpaired) electrons. The highest BCUT2D eigenvalue weighted by Crippen LogP contribution is 2.26. The van der Waals surface area contributed by atoms with Crippen LogP contribution in [-0.4, -0.2) is 39.8 Å². The van der Waals surface area contributed by atoms with Crippen molar-refractivity contribution < 1.29 is 15.0 Å². The Morgan fingerprint density at radius 3 is 2.40 bits per heavy atom. The SMILES string of the molecule is CCC1(O)CCN(Cc2ccccc2CC(=O)O)CC1. The van der Waals surface area contributed by atoms with Gasteiger partial charge in [0.15, 0.2) is 0 Å². The van der Waals surface area contributed by atoms with Gasteiger partial charge in [0.25, 0.3) is 0 Å². The van der Waals surface area contributed by atoms with Gasteiger partial charge in [0, 0.05) is 19.6 Å². The van der Waals surface area contributed by atoms with Gasteiger partial charge in [0.05, 0.1) is 12.0 Å². The van der Waals surface area contributed by atoms with Crippen molar-refractivity contribution in [3.63, 3.8) is 0 Å². The molecule has 0 bridgehead atoms. The van der Waals surface area contributed by atoms with Gasteiger partial charge in [-0.3, -0.25) is 9.69 Å². The fraction of sp³-hybridized carbons (Fsp3) is 0.562. The Balaban J connectivity index is 1.99. The monoisotopic (exact) mass is 277 g/mol. The molecule has 4 nitrogen and oxygen atoms in total. The first-order valence-corrected chi connectivity index (χ1v) is 7.26. The number of likely N-dealkylation sites (tertiary alicyclic amines) is 1. The largest absolute Gasteiger partial charge is 0.481 e. The number of aliphatic carboxylic acids is 1. The molecule has 0 aliphatic carbocycles. The van der Waals surface area contributed by atoms with Gasteiger partial charge in [-0.25, -0.2) is 0 Å². The summed E-state index contributed by atoms with van der Waals surface area (Å²) in [6.07, 6.45) is 2.47. The zero-order valence-corrected chi connectivity index (χ0v) is 12.0. The fourth-order valence-corrected chi connectivity index (χ4v) is 2.77. The van der Waals surface area contributed by atoms with Crippen molar-refractivity contribution in [3.8, 4) is 0 Å². The number of carboxylic acids is 1. The van der Waals surface area contributed by atoms with E-state index in [0.29, 0.717) is 0 Å². The molecule has 1 fully saturated rings. The molecule has 0 spiro atoms. The predicted molar refractivity (Wildman–Crippen MR) is 77.5 cm³/mol. The fourth-order valence-electron chi connectivity index (χ4n) is 2.77. The summed E-state index contributed by atoms with van der Waals surface area (Å²) in [7, 11) is 0. The van der Waals surface area contributed by atoms with E-state index < -0.39 is 11.6 Å². The lowest BCUT2D eigenvalue weighted by Gasteiger charge is -2.37. The van der Waals surface area contributed by atoms with Crippen LogP contribution >= 0.6 is 0 Å². The van der Waals surface area contributed by atoms with Crippen molar-refractivity contribution in [2.45, 2.75) is 44.8 Å². The number of carboxylic acid groups (broad SMARTS) is 1. The third-order valence-corrected chi connectivity index (χ3v) is 4.30. The summed E-state index contributed by atoms with van der Waals surface area (Å²) in [5.41, 5.74) is 1.46. The minimum Gasteiger partial charge on any atom is -0.481 e. The zero-order valence-electron chi connectivity index (χ0n) is 12.0. The number of rotatable bonds is 5. The van der Waals surface area contributed by atoms with Crippen LogP contribution < -0.4 is 0 Å². The minimum absolute atomic E-state index is 0.0723. The van der Waals surface area contributed by atoms with Crippen molar-refractivity contribution in [2.75, 3.05) is 13.1 Å². The van der Waals surface area contributed by atoms with E-state index >= 15 is 0 Å². The highest BCUT2D eigenvalue weighted by Gasteiger charge is 2.30. The Labute approximate surface area is 120 Å². The first-order valence-electron chi connectivity index (χ1n) is 7.26. The Morgan fingerprint density at radius 1 is 1.25 bits per heavy atom. The first kappa shape index (κ1) is 15.0. The van der Waals surface area contributed by atoms with Gasteiger partial charge < -0.3 is 10.2 Å². The van der Waals surface area contributed by atoms with Crippen molar-refractivity contribution in [2.24, 2.45) is 0 Å². The van der Waals surface area contributed by atoms with Crippen LogP contribution in [0.25, 0.3) is 0 Å². The maximum absolute atomic E-state index is 10.9. The Bertz CT molecular complexity index is 465. The molecule has 0 atom stereocenters. The first-order chi connectivity index (χ1) is 9.52. The second-order valence-electron chi connectivity index (χ2n) is 5.69. The molecule has 1 heterocycles. The van der Waals surface area contributed by atoms with Crippen molar-refractivity contribution in [1.82, 2.24) is 4.90 Å². The molecule has 1 aromatic carbocycles. The lowest BCUT2D eigenvalue weighted by atomic mass is 9.88. The Hall–Kier alpha value is -1.39. The molecule has 4 heteroatoms. The summed E-state index contributed by atoms with van der Waals surface area (Å²) in [6, 6.07) is 7.72. The van der Waals surface area contributed by atoms with E-state index in [1.54, 1.807) is 0 Å². The number of nitrogens with zero attached hydrogens (tertiary/aromatic N) is 1. The minimum atomic E-state index is -0.795. The molecule has 0 unspecified atom stereocenters. The summed E-state index contributed by atoms with van der Waals surface area (Å²) < 4.78 is 0. The number of carbonyl (C=O) groups is 1. The molecular formula is C16H23NO3. The van der Waals surface area contributed by atoms with Gasteiger partial charge >= 0.3 is 5.97 Å². The van der Waals surface area contributed by atoms with Crippen LogP contribution in [-0.2, 0) is 17.8 Å². The molecule has 0 aromatic heterocycles. The van der Waals surface area contributed by atoms with Crippen LogP contribution in [0.2, 0.25) is 0 Å². The zero-order chi connectivity index (χ0) is 14.6. The average molecular weight is 277 g/mol. The number of aliphatic hydroxyl groups is 1. The van der Waals surface area contributed by atoms with Crippen LogP contribution in [0.1, 0.15) is 37.3 Å². The van der Waals surface area contributed by atoms with Crippen molar-refractivity contribution >= 4 is 5.97 Å². The quantitative estimate of drug-likeness (QED) is 0.865. The second-order valence-corrected chi connectivity index (χ2v) is 5.69. The number of hydrogen-bond donors (Lipinski definition) is 2. The van der Waals surface area contributed by atoms with E-state index in [-0.39, 0.29) is 6.42 Å². The topological polar surface area (TPSA) is 60.8 Å².